The fraction of sp³-hybridized carbons (Fsp3) is 0.826. The second kappa shape index (κ2) is 64.9. The van der Waals surface area contributed by atoms with Crippen molar-refractivity contribution in [3.8, 4) is 0 Å². The first-order valence-corrected chi connectivity index (χ1v) is 32.8. The Morgan fingerprint density at radius 2 is 0.581 bits per heavy atom. The summed E-state index contributed by atoms with van der Waals surface area (Å²) in [6.45, 7) is 4.08. The lowest BCUT2D eigenvalue weighted by Crippen LogP contribution is -2.28. The molecule has 0 radical (unpaired) electrons. The van der Waals surface area contributed by atoms with Crippen molar-refractivity contribution in [3.05, 3.63) is 60.8 Å². The fourth-order valence-electron chi connectivity index (χ4n) is 9.94. The zero-order valence-electron chi connectivity index (χ0n) is 49.6. The second-order valence-corrected chi connectivity index (χ2v) is 22.2. The van der Waals surface area contributed by atoms with Crippen LogP contribution in [0.1, 0.15) is 348 Å². The number of ether oxygens (including phenoxy) is 2. The van der Waals surface area contributed by atoms with Gasteiger partial charge >= 0.3 is 11.9 Å². The molecule has 0 fully saturated rings. The number of allylic oxidation sites excluding steroid dienone is 10. The predicted octanol–water partition coefficient (Wildman–Crippen LogP) is 22.5. The minimum atomic E-state index is -0.771. The number of hydrogen-bond acceptors (Lipinski definition) is 5. The van der Waals surface area contributed by atoms with E-state index in [2.05, 4.69) is 74.6 Å². The average Bonchev–Trinajstić information content (AvgIpc) is 3.40. The summed E-state index contributed by atoms with van der Waals surface area (Å²) in [6, 6.07) is 0. The molecule has 0 amide bonds. The van der Waals surface area contributed by atoms with Crippen LogP contribution in [-0.2, 0) is 19.1 Å². The van der Waals surface area contributed by atoms with Crippen LogP contribution in [0.3, 0.4) is 0 Å². The second-order valence-electron chi connectivity index (χ2n) is 22.2. The van der Waals surface area contributed by atoms with Crippen LogP contribution in [0.15, 0.2) is 60.8 Å². The van der Waals surface area contributed by atoms with Gasteiger partial charge < -0.3 is 14.6 Å². The number of aliphatic hydroxyl groups is 1. The van der Waals surface area contributed by atoms with E-state index >= 15 is 0 Å². The number of rotatable bonds is 61. The molecule has 0 saturated heterocycles. The van der Waals surface area contributed by atoms with Gasteiger partial charge in [-0.1, -0.05) is 338 Å². The van der Waals surface area contributed by atoms with Crippen LogP contribution in [0.2, 0.25) is 0 Å². The van der Waals surface area contributed by atoms with Gasteiger partial charge in [-0.15, -0.1) is 0 Å². The van der Waals surface area contributed by atoms with Gasteiger partial charge in [-0.05, 0) is 57.8 Å². The molecular weight excluding hydrogens is 909 g/mol. The lowest BCUT2D eigenvalue weighted by molar-refractivity contribution is -0.161. The van der Waals surface area contributed by atoms with Crippen molar-refractivity contribution in [1.82, 2.24) is 0 Å². The average molecular weight is 1040 g/mol. The maximum absolute atomic E-state index is 12.3. The zero-order chi connectivity index (χ0) is 53.4. The Kier molecular flexibility index (Phi) is 62.8. The number of aliphatic hydroxyl groups excluding tert-OH is 1. The van der Waals surface area contributed by atoms with Crippen molar-refractivity contribution in [2.24, 2.45) is 0 Å². The molecule has 1 N–H and O–H groups in total. The van der Waals surface area contributed by atoms with E-state index in [9.17, 15) is 14.7 Å². The lowest BCUT2D eigenvalue weighted by atomic mass is 10.0. The highest BCUT2D eigenvalue weighted by Gasteiger charge is 2.16. The Bertz CT molecular complexity index is 1260. The highest BCUT2D eigenvalue weighted by Crippen LogP contribution is 2.18. The van der Waals surface area contributed by atoms with Crippen molar-refractivity contribution in [3.63, 3.8) is 0 Å². The third kappa shape index (κ3) is 62.1. The van der Waals surface area contributed by atoms with E-state index in [1.807, 2.05) is 0 Å². The lowest BCUT2D eigenvalue weighted by Gasteiger charge is -2.15. The Morgan fingerprint density at radius 3 is 0.878 bits per heavy atom. The molecule has 0 aliphatic carbocycles. The van der Waals surface area contributed by atoms with E-state index < -0.39 is 6.10 Å². The normalized spacial score (nSPS) is 12.5. The molecule has 0 rings (SSSR count). The minimum absolute atomic E-state index is 0.0603. The van der Waals surface area contributed by atoms with Gasteiger partial charge in [-0.2, -0.15) is 0 Å². The first-order chi connectivity index (χ1) is 36.6. The smallest absolute Gasteiger partial charge is 0.306 e. The molecule has 5 heteroatoms. The summed E-state index contributed by atoms with van der Waals surface area (Å²) in [5.74, 6) is -0.569. The van der Waals surface area contributed by atoms with Crippen molar-refractivity contribution >= 4 is 11.9 Å². The molecule has 0 aliphatic heterocycles. The van der Waals surface area contributed by atoms with Gasteiger partial charge in [0, 0.05) is 12.8 Å². The molecule has 0 spiro atoms. The molecule has 0 aliphatic rings. The highest BCUT2D eigenvalue weighted by molar-refractivity contribution is 5.70. The zero-order valence-corrected chi connectivity index (χ0v) is 49.6. The molecule has 1 atom stereocenters. The molecule has 432 valence electrons. The van der Waals surface area contributed by atoms with Gasteiger partial charge in [0.1, 0.15) is 6.61 Å². The third-order valence-electron chi connectivity index (χ3n) is 14.8. The monoisotopic (exact) mass is 1030 g/mol. The predicted molar refractivity (Wildman–Crippen MR) is 325 cm³/mol. The Morgan fingerprint density at radius 1 is 0.324 bits per heavy atom. The third-order valence-corrected chi connectivity index (χ3v) is 14.8. The number of carbonyl (C=O) groups excluding carboxylic acids is 2. The number of unbranched alkanes of at least 4 members (excludes halogenated alkanes) is 43. The van der Waals surface area contributed by atoms with Crippen molar-refractivity contribution in [1.29, 1.82) is 0 Å². The molecule has 0 aromatic rings. The fourth-order valence-corrected chi connectivity index (χ4v) is 9.94. The molecule has 0 bridgehead atoms. The van der Waals surface area contributed by atoms with E-state index in [0.717, 1.165) is 64.2 Å². The van der Waals surface area contributed by atoms with Gasteiger partial charge in [0.15, 0.2) is 6.10 Å². The van der Waals surface area contributed by atoms with Gasteiger partial charge in [0.2, 0.25) is 0 Å². The molecule has 1 unspecified atom stereocenters. The van der Waals surface area contributed by atoms with Crippen LogP contribution in [0.25, 0.3) is 0 Å². The molecule has 74 heavy (non-hydrogen) atoms. The van der Waals surface area contributed by atoms with Crippen molar-refractivity contribution in [2.45, 2.75) is 354 Å². The standard InChI is InChI=1S/C69H126O5/c1-3-5-7-9-11-13-15-17-19-21-23-25-27-29-30-31-32-33-34-35-36-37-38-40-42-44-46-48-50-52-54-56-58-60-62-64-69(72)74-67(65-70)66-73-68(71)63-61-59-57-55-53-51-49-47-45-43-41-39-28-26-24-22-20-18-16-14-12-10-8-6-4-2/h5,7,11,13,17,19,23,25,29-30,67,70H,3-4,6,8-10,12,14-16,18,20-22,24,26-28,31-66H2,1-2H3/b7-5-,13-11-,19-17-,25-23-,30-29-. The van der Waals surface area contributed by atoms with Crippen LogP contribution >= 0.6 is 0 Å². The Labute approximate surface area is 461 Å². The molecule has 0 aromatic carbocycles. The summed E-state index contributed by atoms with van der Waals surface area (Å²) in [5.41, 5.74) is 0. The van der Waals surface area contributed by atoms with Crippen molar-refractivity contribution in [2.75, 3.05) is 13.2 Å². The van der Waals surface area contributed by atoms with Gasteiger partial charge in [0.25, 0.3) is 0 Å². The van der Waals surface area contributed by atoms with Gasteiger partial charge in [-0.3, -0.25) is 9.59 Å². The first kappa shape index (κ1) is 71.6. The SMILES string of the molecule is CC/C=C\C/C=C\C/C=C\C/C=C\C/C=C\CCCCCCCCCCCCCCCCCCCCCC(=O)OC(CO)COC(=O)CCCCCCCCCCCCCCCCCCCCCCCCCCC. The summed E-state index contributed by atoms with van der Waals surface area (Å²) in [5, 5.41) is 9.69. The molecule has 0 saturated carbocycles. The molecular formula is C69H126O5. The van der Waals surface area contributed by atoms with Crippen LogP contribution in [0.4, 0.5) is 0 Å². The number of hydrogen-bond donors (Lipinski definition) is 1. The summed E-state index contributed by atoms with van der Waals surface area (Å²) < 4.78 is 10.8. The van der Waals surface area contributed by atoms with Crippen LogP contribution in [0.5, 0.6) is 0 Å². The number of carbonyl (C=O) groups is 2. The van der Waals surface area contributed by atoms with E-state index in [1.165, 1.54) is 257 Å². The number of esters is 2. The van der Waals surface area contributed by atoms with Gasteiger partial charge in [0.05, 0.1) is 6.61 Å². The van der Waals surface area contributed by atoms with Crippen LogP contribution < -0.4 is 0 Å². The Hall–Kier alpha value is -2.40. The van der Waals surface area contributed by atoms with E-state index in [1.54, 1.807) is 0 Å². The highest BCUT2D eigenvalue weighted by atomic mass is 16.6. The van der Waals surface area contributed by atoms with Crippen LogP contribution in [0, 0.1) is 0 Å². The summed E-state index contributed by atoms with van der Waals surface area (Å²) in [4.78, 5) is 24.6. The van der Waals surface area contributed by atoms with Crippen molar-refractivity contribution < 1.29 is 24.2 Å². The maximum atomic E-state index is 12.3. The minimum Gasteiger partial charge on any atom is -0.462 e. The van der Waals surface area contributed by atoms with E-state index in [4.69, 9.17) is 9.47 Å². The molecule has 0 heterocycles. The van der Waals surface area contributed by atoms with E-state index in [-0.39, 0.29) is 25.2 Å². The Balaban J connectivity index is 3.41. The van der Waals surface area contributed by atoms with Gasteiger partial charge in [-0.25, -0.2) is 0 Å². The summed E-state index contributed by atoms with van der Waals surface area (Å²) >= 11 is 0. The maximum Gasteiger partial charge on any atom is 0.306 e. The molecule has 5 nitrogen and oxygen atoms in total. The summed E-state index contributed by atoms with van der Waals surface area (Å²) in [6.07, 6.45) is 88.1. The van der Waals surface area contributed by atoms with E-state index in [0.29, 0.717) is 12.8 Å². The first-order valence-electron chi connectivity index (χ1n) is 32.8. The van der Waals surface area contributed by atoms with Crippen LogP contribution in [-0.4, -0.2) is 36.4 Å². The topological polar surface area (TPSA) is 72.8 Å². The quantitative estimate of drug-likeness (QED) is 0.0373. The largest absolute Gasteiger partial charge is 0.462 e. The molecule has 0 aromatic heterocycles. The summed E-state index contributed by atoms with van der Waals surface area (Å²) in [7, 11) is 0.